The molecule has 32 heavy (non-hydrogen) atoms. The van der Waals surface area contributed by atoms with Crippen molar-refractivity contribution in [2.45, 2.75) is 31.3 Å². The topological polar surface area (TPSA) is 18.5 Å². The standard InChI is InChI=1S/C22H16Cl6O2S2/c1-19(29-31-21(23,24)25,15-13-17-9-5-3-6-10-17)20(2,30-32-22(26,27)28)16-14-18-11-7-4-8-12-18/h3-12H,1-2H3. The Morgan fingerprint density at radius 1 is 0.594 bits per heavy atom. The van der Waals surface area contributed by atoms with E-state index in [0.29, 0.717) is 24.1 Å². The van der Waals surface area contributed by atoms with Crippen LogP contribution in [0.3, 0.4) is 0 Å². The first kappa shape index (κ1) is 28.2. The molecule has 0 aromatic heterocycles. The molecule has 0 N–H and O–H groups in total. The summed E-state index contributed by atoms with van der Waals surface area (Å²) in [5, 5.41) is 0. The smallest absolute Gasteiger partial charge is 0.262 e. The zero-order valence-electron chi connectivity index (χ0n) is 16.7. The minimum atomic E-state index is -1.77. The van der Waals surface area contributed by atoms with E-state index in [-0.39, 0.29) is 0 Å². The lowest BCUT2D eigenvalue weighted by atomic mass is 9.86. The van der Waals surface area contributed by atoms with E-state index in [1.54, 1.807) is 13.8 Å². The highest BCUT2D eigenvalue weighted by Crippen LogP contribution is 2.48. The number of rotatable bonds is 5. The van der Waals surface area contributed by atoms with Gasteiger partial charge in [0, 0.05) is 11.1 Å². The van der Waals surface area contributed by atoms with Crippen LogP contribution in [0.4, 0.5) is 0 Å². The van der Waals surface area contributed by atoms with Crippen molar-refractivity contribution in [2.75, 3.05) is 0 Å². The van der Waals surface area contributed by atoms with Crippen molar-refractivity contribution >= 4 is 93.7 Å². The normalized spacial score (nSPS) is 15.4. The van der Waals surface area contributed by atoms with Gasteiger partial charge in [0.25, 0.3) is 6.25 Å². The van der Waals surface area contributed by atoms with Gasteiger partial charge in [-0.15, -0.1) is 0 Å². The van der Waals surface area contributed by atoms with E-state index >= 15 is 0 Å². The molecule has 2 atom stereocenters. The molecule has 0 aliphatic rings. The van der Waals surface area contributed by atoms with Crippen LogP contribution in [0, 0.1) is 23.7 Å². The molecule has 2 aromatic rings. The molecule has 2 rings (SSSR count). The average Bonchev–Trinajstić information content (AvgIpc) is 2.74. The van der Waals surface area contributed by atoms with Crippen LogP contribution in [0.1, 0.15) is 25.0 Å². The number of benzene rings is 2. The fourth-order valence-electron chi connectivity index (χ4n) is 2.13. The zero-order chi connectivity index (χ0) is 23.9. The van der Waals surface area contributed by atoms with Gasteiger partial charge in [0.2, 0.25) is 0 Å². The molecule has 2 unspecified atom stereocenters. The summed E-state index contributed by atoms with van der Waals surface area (Å²) >= 11 is 36.6. The van der Waals surface area contributed by atoms with Crippen LogP contribution in [-0.4, -0.2) is 17.5 Å². The molecule has 0 radical (unpaired) electrons. The van der Waals surface area contributed by atoms with E-state index in [0.717, 1.165) is 11.1 Å². The molecule has 0 saturated carbocycles. The van der Waals surface area contributed by atoms with Crippen molar-refractivity contribution < 1.29 is 8.37 Å². The zero-order valence-corrected chi connectivity index (χ0v) is 22.8. The molecule has 0 fully saturated rings. The molecule has 0 aliphatic carbocycles. The first-order chi connectivity index (χ1) is 14.8. The van der Waals surface area contributed by atoms with Crippen LogP contribution in [0.15, 0.2) is 60.7 Å². The highest BCUT2D eigenvalue weighted by molar-refractivity contribution is 8.00. The number of hydrogen-bond donors (Lipinski definition) is 0. The monoisotopic (exact) mass is 586 g/mol. The Morgan fingerprint density at radius 3 is 1.19 bits per heavy atom. The number of alkyl halides is 6. The highest BCUT2D eigenvalue weighted by atomic mass is 35.6. The summed E-state index contributed by atoms with van der Waals surface area (Å²) in [7, 11) is 0. The van der Waals surface area contributed by atoms with E-state index in [1.165, 1.54) is 0 Å². The predicted molar refractivity (Wildman–Crippen MR) is 141 cm³/mol. The van der Waals surface area contributed by atoms with Crippen LogP contribution in [-0.2, 0) is 8.37 Å². The van der Waals surface area contributed by atoms with E-state index in [1.807, 2.05) is 60.7 Å². The Morgan fingerprint density at radius 2 is 0.906 bits per heavy atom. The van der Waals surface area contributed by atoms with E-state index in [2.05, 4.69) is 23.7 Å². The van der Waals surface area contributed by atoms with Crippen LogP contribution >= 0.6 is 93.7 Å². The molecular formula is C22H16Cl6O2S2. The van der Waals surface area contributed by atoms with Gasteiger partial charge in [-0.3, -0.25) is 8.37 Å². The Hall–Kier alpha value is -0.0800. The molecule has 0 amide bonds. The molecule has 2 aromatic carbocycles. The largest absolute Gasteiger partial charge is 0.288 e. The lowest BCUT2D eigenvalue weighted by Crippen LogP contribution is -2.50. The minimum absolute atomic E-state index is 0.595. The summed E-state index contributed by atoms with van der Waals surface area (Å²) in [5.74, 6) is 12.2. The molecule has 0 bridgehead atoms. The lowest BCUT2D eigenvalue weighted by molar-refractivity contribution is 0.00508. The van der Waals surface area contributed by atoms with Gasteiger partial charge in [0.1, 0.15) is 0 Å². The third kappa shape index (κ3) is 9.65. The Kier molecular flexibility index (Phi) is 10.6. The molecule has 0 spiro atoms. The van der Waals surface area contributed by atoms with Gasteiger partial charge in [-0.25, -0.2) is 0 Å². The molecule has 0 aliphatic heterocycles. The van der Waals surface area contributed by atoms with Gasteiger partial charge in [0.05, 0.1) is 24.1 Å². The molecule has 10 heteroatoms. The van der Waals surface area contributed by atoms with E-state index in [4.69, 9.17) is 78.0 Å². The van der Waals surface area contributed by atoms with Crippen LogP contribution in [0.2, 0.25) is 0 Å². The summed E-state index contributed by atoms with van der Waals surface area (Å²) in [6.07, 6.45) is 0. The van der Waals surface area contributed by atoms with Gasteiger partial charge in [0.15, 0.2) is 11.2 Å². The fourth-order valence-corrected chi connectivity index (χ4v) is 3.62. The molecule has 0 saturated heterocycles. The first-order valence-electron chi connectivity index (χ1n) is 8.86. The maximum atomic E-state index is 5.91. The summed E-state index contributed by atoms with van der Waals surface area (Å²) < 4.78 is 8.28. The average molecular weight is 589 g/mol. The van der Waals surface area contributed by atoms with Crippen molar-refractivity contribution in [3.8, 4) is 23.7 Å². The van der Waals surface area contributed by atoms with Crippen molar-refractivity contribution in [1.29, 1.82) is 0 Å². The third-order valence-corrected chi connectivity index (χ3v) is 6.30. The van der Waals surface area contributed by atoms with Crippen molar-refractivity contribution in [1.82, 2.24) is 0 Å². The molecular weight excluding hydrogens is 573 g/mol. The summed E-state index contributed by atoms with van der Waals surface area (Å²) in [5.41, 5.74) is -1.37. The van der Waals surface area contributed by atoms with Gasteiger partial charge < -0.3 is 0 Å². The van der Waals surface area contributed by atoms with Crippen molar-refractivity contribution in [3.63, 3.8) is 0 Å². The van der Waals surface area contributed by atoms with Gasteiger partial charge in [-0.1, -0.05) is 130 Å². The SMILES string of the molecule is CC(C#Cc1ccccc1)(OSC(Cl)(Cl)Cl)C(C)(C#Cc1ccccc1)OSC(Cl)(Cl)Cl. The predicted octanol–water partition coefficient (Wildman–Crippen LogP) is 8.59. The number of halogens is 6. The second-order valence-corrected chi connectivity index (χ2v) is 14.3. The fraction of sp³-hybridized carbons (Fsp3) is 0.273. The molecule has 0 heterocycles. The van der Waals surface area contributed by atoms with Crippen molar-refractivity contribution in [3.05, 3.63) is 71.8 Å². The third-order valence-electron chi connectivity index (χ3n) is 3.95. The van der Waals surface area contributed by atoms with Gasteiger partial charge in [-0.05, 0) is 38.1 Å². The Bertz CT molecular complexity index is 920. The lowest BCUT2D eigenvalue weighted by Gasteiger charge is -2.38. The van der Waals surface area contributed by atoms with E-state index < -0.39 is 17.5 Å². The van der Waals surface area contributed by atoms with Gasteiger partial charge >= 0.3 is 0 Å². The molecule has 170 valence electrons. The number of hydrogen-bond acceptors (Lipinski definition) is 4. The summed E-state index contributed by atoms with van der Waals surface area (Å²) in [4.78, 5) is 0. The quantitative estimate of drug-likeness (QED) is 0.198. The Balaban J connectivity index is 2.56. The van der Waals surface area contributed by atoms with Crippen LogP contribution < -0.4 is 0 Å². The van der Waals surface area contributed by atoms with Crippen LogP contribution in [0.5, 0.6) is 0 Å². The second-order valence-electron chi connectivity index (χ2n) is 6.52. The minimum Gasteiger partial charge on any atom is -0.288 e. The first-order valence-corrected chi connectivity index (χ1v) is 12.6. The maximum absolute atomic E-state index is 5.91. The Labute approximate surface area is 227 Å². The second kappa shape index (κ2) is 12.1. The van der Waals surface area contributed by atoms with E-state index in [9.17, 15) is 0 Å². The summed E-state index contributed by atoms with van der Waals surface area (Å²) in [6, 6.07) is 18.6. The maximum Gasteiger partial charge on any atom is 0.262 e. The van der Waals surface area contributed by atoms with Gasteiger partial charge in [-0.2, -0.15) is 0 Å². The van der Waals surface area contributed by atoms with Crippen molar-refractivity contribution in [2.24, 2.45) is 0 Å². The molecule has 2 nitrogen and oxygen atoms in total. The van der Waals surface area contributed by atoms with Crippen LogP contribution in [0.25, 0.3) is 0 Å². The summed E-state index contributed by atoms with van der Waals surface area (Å²) in [6.45, 7) is 3.32. The highest BCUT2D eigenvalue weighted by Gasteiger charge is 2.49.